The SMILES string of the molecule is CC.CC.CC.O=C1NCCOc2ccc(-c3ccccc3)cc21. The van der Waals surface area contributed by atoms with Crippen LogP contribution in [0.25, 0.3) is 11.1 Å². The zero-order valence-corrected chi connectivity index (χ0v) is 15.8. The van der Waals surface area contributed by atoms with Crippen molar-refractivity contribution in [2.75, 3.05) is 13.2 Å². The number of carbonyl (C=O) groups is 1. The highest BCUT2D eigenvalue weighted by Crippen LogP contribution is 2.27. The van der Waals surface area contributed by atoms with E-state index in [9.17, 15) is 4.79 Å². The zero-order chi connectivity index (χ0) is 18.4. The largest absolute Gasteiger partial charge is 0.491 e. The van der Waals surface area contributed by atoms with E-state index < -0.39 is 0 Å². The van der Waals surface area contributed by atoms with Gasteiger partial charge in [-0.15, -0.1) is 0 Å². The fourth-order valence-electron chi connectivity index (χ4n) is 2.06. The smallest absolute Gasteiger partial charge is 0.255 e. The predicted octanol–water partition coefficient (Wildman–Crippen LogP) is 5.55. The average molecular weight is 329 g/mol. The summed E-state index contributed by atoms with van der Waals surface area (Å²) in [7, 11) is 0. The van der Waals surface area contributed by atoms with Crippen LogP contribution in [0.3, 0.4) is 0 Å². The molecule has 0 radical (unpaired) electrons. The van der Waals surface area contributed by atoms with Crippen molar-refractivity contribution < 1.29 is 9.53 Å². The summed E-state index contributed by atoms with van der Waals surface area (Å²) >= 11 is 0. The molecule has 0 bridgehead atoms. The monoisotopic (exact) mass is 329 g/mol. The Hall–Kier alpha value is -2.29. The van der Waals surface area contributed by atoms with E-state index in [4.69, 9.17) is 4.74 Å². The molecule has 2 aromatic carbocycles. The van der Waals surface area contributed by atoms with E-state index in [0.717, 1.165) is 11.1 Å². The lowest BCUT2D eigenvalue weighted by atomic mass is 10.0. The molecule has 1 N–H and O–H groups in total. The maximum Gasteiger partial charge on any atom is 0.255 e. The van der Waals surface area contributed by atoms with Gasteiger partial charge in [0.05, 0.1) is 12.1 Å². The van der Waals surface area contributed by atoms with Crippen molar-refractivity contribution in [3.63, 3.8) is 0 Å². The minimum Gasteiger partial charge on any atom is -0.491 e. The van der Waals surface area contributed by atoms with Crippen LogP contribution in [0.4, 0.5) is 0 Å². The van der Waals surface area contributed by atoms with E-state index in [1.54, 1.807) is 0 Å². The first kappa shape index (κ1) is 21.7. The molecular weight excluding hydrogens is 298 g/mol. The lowest BCUT2D eigenvalue weighted by molar-refractivity contribution is 0.0957. The van der Waals surface area contributed by atoms with Crippen LogP contribution in [0.5, 0.6) is 5.75 Å². The molecule has 0 saturated heterocycles. The first-order valence-corrected chi connectivity index (χ1v) is 8.95. The van der Waals surface area contributed by atoms with Gasteiger partial charge in [0.1, 0.15) is 12.4 Å². The first-order chi connectivity index (χ1) is 11.8. The van der Waals surface area contributed by atoms with Gasteiger partial charge in [-0.25, -0.2) is 0 Å². The van der Waals surface area contributed by atoms with E-state index >= 15 is 0 Å². The van der Waals surface area contributed by atoms with Crippen LogP contribution in [0.15, 0.2) is 48.5 Å². The summed E-state index contributed by atoms with van der Waals surface area (Å²) in [5.41, 5.74) is 2.72. The predicted molar refractivity (Wildman–Crippen MR) is 104 cm³/mol. The quantitative estimate of drug-likeness (QED) is 0.744. The molecule has 1 amide bonds. The normalized spacial score (nSPS) is 11.3. The van der Waals surface area contributed by atoms with Gasteiger partial charge in [0.2, 0.25) is 0 Å². The van der Waals surface area contributed by atoms with Crippen molar-refractivity contribution in [1.29, 1.82) is 0 Å². The number of amides is 1. The minimum absolute atomic E-state index is 0.0692. The molecule has 3 nitrogen and oxygen atoms in total. The van der Waals surface area contributed by atoms with Crippen LogP contribution < -0.4 is 10.1 Å². The molecule has 1 aliphatic heterocycles. The fourth-order valence-corrected chi connectivity index (χ4v) is 2.06. The highest BCUT2D eigenvalue weighted by atomic mass is 16.5. The van der Waals surface area contributed by atoms with Crippen molar-refractivity contribution in [1.82, 2.24) is 5.32 Å². The van der Waals surface area contributed by atoms with Crippen molar-refractivity contribution in [3.8, 4) is 16.9 Å². The highest BCUT2D eigenvalue weighted by molar-refractivity contribution is 5.98. The number of benzene rings is 2. The molecule has 0 aliphatic carbocycles. The number of fused-ring (bicyclic) bond motifs is 1. The van der Waals surface area contributed by atoms with Gasteiger partial charge in [-0.2, -0.15) is 0 Å². The second-order valence-electron chi connectivity index (χ2n) is 4.18. The summed E-state index contributed by atoms with van der Waals surface area (Å²) < 4.78 is 5.53. The second-order valence-corrected chi connectivity index (χ2v) is 4.18. The Bertz CT molecular complexity index is 580. The summed E-state index contributed by atoms with van der Waals surface area (Å²) in [6.45, 7) is 13.1. The molecule has 1 heterocycles. The fraction of sp³-hybridized carbons (Fsp3) is 0.381. The van der Waals surface area contributed by atoms with Gasteiger partial charge in [0.25, 0.3) is 5.91 Å². The summed E-state index contributed by atoms with van der Waals surface area (Å²) in [5, 5.41) is 2.82. The van der Waals surface area contributed by atoms with E-state index in [1.807, 2.05) is 90.1 Å². The summed E-state index contributed by atoms with van der Waals surface area (Å²) in [5.74, 6) is 0.588. The number of hydrogen-bond donors (Lipinski definition) is 1. The van der Waals surface area contributed by atoms with Gasteiger partial charge in [-0.05, 0) is 23.3 Å². The number of rotatable bonds is 1. The third-order valence-electron chi connectivity index (χ3n) is 2.98. The molecule has 0 aromatic heterocycles. The molecule has 0 unspecified atom stereocenters. The Morgan fingerprint density at radius 3 is 2.08 bits per heavy atom. The lowest BCUT2D eigenvalue weighted by Gasteiger charge is -2.08. The van der Waals surface area contributed by atoms with Gasteiger partial charge < -0.3 is 10.1 Å². The molecule has 132 valence electrons. The Labute approximate surface area is 147 Å². The molecule has 0 fully saturated rings. The first-order valence-electron chi connectivity index (χ1n) is 8.95. The Kier molecular flexibility index (Phi) is 11.9. The van der Waals surface area contributed by atoms with Crippen LogP contribution in [0.2, 0.25) is 0 Å². The van der Waals surface area contributed by atoms with Crippen molar-refractivity contribution in [3.05, 3.63) is 54.1 Å². The average Bonchev–Trinajstić information content (AvgIpc) is 2.88. The summed E-state index contributed by atoms with van der Waals surface area (Å²) in [6, 6.07) is 15.7. The molecule has 1 aliphatic rings. The molecular formula is C21H31NO2. The topological polar surface area (TPSA) is 38.3 Å². The van der Waals surface area contributed by atoms with Crippen molar-refractivity contribution >= 4 is 5.91 Å². The summed E-state index contributed by atoms with van der Waals surface area (Å²) in [4.78, 5) is 11.9. The summed E-state index contributed by atoms with van der Waals surface area (Å²) in [6.07, 6.45) is 0. The molecule has 24 heavy (non-hydrogen) atoms. The molecule has 0 atom stereocenters. The van der Waals surface area contributed by atoms with Crippen molar-refractivity contribution in [2.24, 2.45) is 0 Å². The maximum absolute atomic E-state index is 11.9. The Morgan fingerprint density at radius 2 is 1.46 bits per heavy atom. The standard InChI is InChI=1S/C15H13NO2.3C2H6/c17-15-13-10-12(11-4-2-1-3-5-11)6-7-14(13)18-9-8-16-15;3*1-2/h1-7,10H,8-9H2,(H,16,17);3*1-2H3. The second kappa shape index (κ2) is 13.2. The number of carbonyl (C=O) groups excluding carboxylic acids is 1. The van der Waals surface area contributed by atoms with E-state index in [1.165, 1.54) is 0 Å². The van der Waals surface area contributed by atoms with E-state index in [0.29, 0.717) is 24.5 Å². The number of nitrogens with one attached hydrogen (secondary N) is 1. The molecule has 0 saturated carbocycles. The zero-order valence-electron chi connectivity index (χ0n) is 15.8. The third-order valence-corrected chi connectivity index (χ3v) is 2.98. The van der Waals surface area contributed by atoms with Crippen LogP contribution in [0.1, 0.15) is 51.9 Å². The van der Waals surface area contributed by atoms with E-state index in [2.05, 4.69) is 5.32 Å². The van der Waals surface area contributed by atoms with Crippen LogP contribution in [-0.2, 0) is 0 Å². The van der Waals surface area contributed by atoms with Gasteiger partial charge in [0, 0.05) is 0 Å². The lowest BCUT2D eigenvalue weighted by Crippen LogP contribution is -2.24. The highest BCUT2D eigenvalue weighted by Gasteiger charge is 2.16. The van der Waals surface area contributed by atoms with E-state index in [-0.39, 0.29) is 5.91 Å². The molecule has 0 spiro atoms. The maximum atomic E-state index is 11.9. The minimum atomic E-state index is -0.0692. The molecule has 3 rings (SSSR count). The van der Waals surface area contributed by atoms with Crippen molar-refractivity contribution in [2.45, 2.75) is 41.5 Å². The van der Waals surface area contributed by atoms with Gasteiger partial charge in [0.15, 0.2) is 0 Å². The van der Waals surface area contributed by atoms with Gasteiger partial charge in [-0.1, -0.05) is 77.9 Å². The van der Waals surface area contributed by atoms with Gasteiger partial charge in [-0.3, -0.25) is 4.79 Å². The molecule has 2 aromatic rings. The third kappa shape index (κ3) is 6.07. The van der Waals surface area contributed by atoms with Crippen LogP contribution in [-0.4, -0.2) is 19.1 Å². The Balaban J connectivity index is 0.000000798. The van der Waals surface area contributed by atoms with Crippen LogP contribution >= 0.6 is 0 Å². The number of hydrogen-bond acceptors (Lipinski definition) is 2. The number of ether oxygens (including phenoxy) is 1. The molecule has 3 heteroatoms. The Morgan fingerprint density at radius 1 is 0.833 bits per heavy atom. The van der Waals surface area contributed by atoms with Gasteiger partial charge >= 0.3 is 0 Å². The van der Waals surface area contributed by atoms with Crippen LogP contribution in [0, 0.1) is 0 Å².